The number of hydrogen-bond acceptors (Lipinski definition) is 3. The predicted molar refractivity (Wildman–Crippen MR) is 49.5 cm³/mol. The lowest BCUT2D eigenvalue weighted by atomic mass is 10.3. The summed E-state index contributed by atoms with van der Waals surface area (Å²) >= 11 is 0. The van der Waals surface area contributed by atoms with Crippen LogP contribution in [0.1, 0.15) is 6.42 Å². The number of ether oxygens (including phenoxy) is 1. The first kappa shape index (κ1) is 8.50. The van der Waals surface area contributed by atoms with Crippen LogP contribution in [0.3, 0.4) is 0 Å². The fourth-order valence-corrected chi connectivity index (χ4v) is 3.16. The fraction of sp³-hybridized carbons (Fsp3) is 0.714. The van der Waals surface area contributed by atoms with Gasteiger partial charge in [-0.2, -0.15) is 0 Å². The van der Waals surface area contributed by atoms with Crippen molar-refractivity contribution in [3.05, 3.63) is 12.7 Å². The van der Waals surface area contributed by atoms with Gasteiger partial charge in [0.05, 0.1) is 12.7 Å². The van der Waals surface area contributed by atoms with Gasteiger partial charge < -0.3 is 4.74 Å². The van der Waals surface area contributed by atoms with Crippen LogP contribution in [0, 0.1) is 0 Å². The fourth-order valence-electron chi connectivity index (χ4n) is 0.781. The van der Waals surface area contributed by atoms with Gasteiger partial charge >= 0.3 is 0 Å². The zero-order valence-corrected chi connectivity index (χ0v) is 7.55. The number of rotatable bonds is 3. The Morgan fingerprint density at radius 1 is 1.60 bits per heavy atom. The van der Waals surface area contributed by atoms with Gasteiger partial charge in [0.25, 0.3) is 0 Å². The summed E-state index contributed by atoms with van der Waals surface area (Å²) in [6, 6.07) is 0. The van der Waals surface area contributed by atoms with E-state index in [2.05, 4.69) is 6.58 Å². The molecule has 3 heteroatoms. The maximum absolute atomic E-state index is 5.48. The van der Waals surface area contributed by atoms with E-state index in [0.717, 1.165) is 5.75 Å². The zero-order valence-electron chi connectivity index (χ0n) is 5.91. The van der Waals surface area contributed by atoms with Crippen LogP contribution in [0.15, 0.2) is 12.7 Å². The zero-order chi connectivity index (χ0) is 7.23. The molecule has 1 aliphatic rings. The Hall–Kier alpha value is 0.400. The van der Waals surface area contributed by atoms with E-state index in [4.69, 9.17) is 4.74 Å². The van der Waals surface area contributed by atoms with Crippen LogP contribution in [0.2, 0.25) is 0 Å². The molecule has 58 valence electrons. The third kappa shape index (κ3) is 2.99. The Labute approximate surface area is 70.0 Å². The quantitative estimate of drug-likeness (QED) is 0.482. The highest BCUT2D eigenvalue weighted by molar-refractivity contribution is 8.76. The molecule has 0 aromatic heterocycles. The molecule has 0 bridgehead atoms. The average molecular weight is 176 g/mol. The van der Waals surface area contributed by atoms with Crippen LogP contribution >= 0.6 is 21.6 Å². The second kappa shape index (κ2) is 5.10. The maximum Gasteiger partial charge on any atom is 0.0686 e. The molecule has 0 radical (unpaired) electrons. The lowest BCUT2D eigenvalue weighted by Gasteiger charge is -2.19. The van der Waals surface area contributed by atoms with Crippen LogP contribution in [0.4, 0.5) is 0 Å². The molecule has 1 saturated heterocycles. The van der Waals surface area contributed by atoms with Crippen molar-refractivity contribution >= 4 is 21.6 Å². The Morgan fingerprint density at radius 3 is 3.10 bits per heavy atom. The SMILES string of the molecule is C=CCOC1CCSSC1. The molecule has 1 nitrogen and oxygen atoms in total. The van der Waals surface area contributed by atoms with E-state index in [1.54, 1.807) is 0 Å². The maximum atomic E-state index is 5.48. The summed E-state index contributed by atoms with van der Waals surface area (Å²) in [6.45, 7) is 4.31. The Balaban J connectivity index is 2.07. The van der Waals surface area contributed by atoms with E-state index >= 15 is 0 Å². The van der Waals surface area contributed by atoms with Crippen molar-refractivity contribution in [1.82, 2.24) is 0 Å². The second-order valence-corrected chi connectivity index (χ2v) is 4.77. The predicted octanol–water partition coefficient (Wildman–Crippen LogP) is 2.34. The molecule has 1 atom stereocenters. The molecule has 0 aromatic rings. The van der Waals surface area contributed by atoms with Crippen molar-refractivity contribution in [1.29, 1.82) is 0 Å². The summed E-state index contributed by atoms with van der Waals surface area (Å²) in [6.07, 6.45) is 3.49. The second-order valence-electron chi connectivity index (χ2n) is 2.14. The first-order valence-corrected chi connectivity index (χ1v) is 5.89. The van der Waals surface area contributed by atoms with Crippen LogP contribution in [-0.4, -0.2) is 24.2 Å². The van der Waals surface area contributed by atoms with Crippen molar-refractivity contribution in [2.75, 3.05) is 18.1 Å². The standard InChI is InChI=1S/C7H12OS2/c1-2-4-8-7-3-5-9-10-6-7/h2,7H,1,3-6H2. The molecule has 1 rings (SSSR count). The molecule has 10 heavy (non-hydrogen) atoms. The first-order chi connectivity index (χ1) is 4.93. The van der Waals surface area contributed by atoms with E-state index < -0.39 is 0 Å². The molecule has 0 aliphatic carbocycles. The molecular weight excluding hydrogens is 164 g/mol. The van der Waals surface area contributed by atoms with Gasteiger partial charge in [-0.05, 0) is 6.42 Å². The third-order valence-corrected chi connectivity index (χ3v) is 3.80. The monoisotopic (exact) mass is 176 g/mol. The first-order valence-electron chi connectivity index (χ1n) is 3.40. The lowest BCUT2D eigenvalue weighted by molar-refractivity contribution is 0.0898. The molecule has 1 fully saturated rings. The normalized spacial score (nSPS) is 26.2. The molecule has 0 spiro atoms. The lowest BCUT2D eigenvalue weighted by Crippen LogP contribution is -2.19. The van der Waals surface area contributed by atoms with E-state index in [0.29, 0.717) is 12.7 Å². The van der Waals surface area contributed by atoms with Crippen molar-refractivity contribution < 1.29 is 4.74 Å². The largest absolute Gasteiger partial charge is 0.373 e. The van der Waals surface area contributed by atoms with Gasteiger partial charge in [-0.3, -0.25) is 0 Å². The van der Waals surface area contributed by atoms with Gasteiger partial charge in [-0.15, -0.1) is 6.58 Å². The van der Waals surface area contributed by atoms with Crippen LogP contribution in [0.25, 0.3) is 0 Å². The van der Waals surface area contributed by atoms with Gasteiger partial charge in [0, 0.05) is 11.5 Å². The van der Waals surface area contributed by atoms with E-state index in [1.807, 2.05) is 27.7 Å². The Morgan fingerprint density at radius 2 is 2.50 bits per heavy atom. The summed E-state index contributed by atoms with van der Waals surface area (Å²) in [5, 5.41) is 0. The summed E-state index contributed by atoms with van der Waals surface area (Å²) in [4.78, 5) is 0. The van der Waals surface area contributed by atoms with Gasteiger partial charge in [0.2, 0.25) is 0 Å². The summed E-state index contributed by atoms with van der Waals surface area (Å²) in [5.74, 6) is 2.37. The summed E-state index contributed by atoms with van der Waals surface area (Å²) in [5.41, 5.74) is 0. The minimum Gasteiger partial charge on any atom is -0.373 e. The van der Waals surface area contributed by atoms with E-state index in [-0.39, 0.29) is 0 Å². The highest BCUT2D eigenvalue weighted by atomic mass is 33.1. The van der Waals surface area contributed by atoms with Crippen molar-refractivity contribution in [2.45, 2.75) is 12.5 Å². The Kier molecular flexibility index (Phi) is 4.34. The molecule has 1 aliphatic heterocycles. The van der Waals surface area contributed by atoms with Gasteiger partial charge in [-0.1, -0.05) is 27.7 Å². The molecular formula is C7H12OS2. The smallest absolute Gasteiger partial charge is 0.0686 e. The Bertz CT molecular complexity index is 99.8. The minimum absolute atomic E-state index is 0.476. The topological polar surface area (TPSA) is 9.23 Å². The molecule has 1 heterocycles. The average Bonchev–Trinajstić information content (AvgIpc) is 2.03. The molecule has 0 amide bonds. The van der Waals surface area contributed by atoms with Crippen molar-refractivity contribution in [2.24, 2.45) is 0 Å². The molecule has 1 unspecified atom stereocenters. The summed E-state index contributed by atoms with van der Waals surface area (Å²) in [7, 11) is 3.85. The molecule has 0 N–H and O–H groups in total. The van der Waals surface area contributed by atoms with Crippen LogP contribution in [0.5, 0.6) is 0 Å². The highest BCUT2D eigenvalue weighted by Gasteiger charge is 2.13. The van der Waals surface area contributed by atoms with E-state index in [1.165, 1.54) is 12.2 Å². The van der Waals surface area contributed by atoms with Gasteiger partial charge in [-0.25, -0.2) is 0 Å². The van der Waals surface area contributed by atoms with Gasteiger partial charge in [0.1, 0.15) is 0 Å². The van der Waals surface area contributed by atoms with Gasteiger partial charge in [0.15, 0.2) is 0 Å². The summed E-state index contributed by atoms with van der Waals surface area (Å²) < 4.78 is 5.48. The van der Waals surface area contributed by atoms with Crippen molar-refractivity contribution in [3.63, 3.8) is 0 Å². The van der Waals surface area contributed by atoms with E-state index in [9.17, 15) is 0 Å². The van der Waals surface area contributed by atoms with Crippen molar-refractivity contribution in [3.8, 4) is 0 Å². The minimum atomic E-state index is 0.476. The van der Waals surface area contributed by atoms with Crippen LogP contribution < -0.4 is 0 Å². The molecule has 0 aromatic carbocycles. The third-order valence-electron chi connectivity index (χ3n) is 1.31. The highest BCUT2D eigenvalue weighted by Crippen LogP contribution is 2.30. The number of hydrogen-bond donors (Lipinski definition) is 0. The van der Waals surface area contributed by atoms with Crippen LogP contribution in [-0.2, 0) is 4.74 Å². The molecule has 0 saturated carbocycles.